The molecule has 0 saturated carbocycles. The lowest BCUT2D eigenvalue weighted by atomic mass is 9.99. The van der Waals surface area contributed by atoms with Gasteiger partial charge in [-0.05, 0) is 32.9 Å². The molecule has 18 heavy (non-hydrogen) atoms. The number of amides is 1. The molecule has 1 fully saturated rings. The Kier molecular flexibility index (Phi) is 3.57. The van der Waals surface area contributed by atoms with Gasteiger partial charge in [-0.1, -0.05) is 18.2 Å². The van der Waals surface area contributed by atoms with Crippen molar-refractivity contribution in [1.82, 2.24) is 0 Å². The van der Waals surface area contributed by atoms with E-state index >= 15 is 0 Å². The van der Waals surface area contributed by atoms with Gasteiger partial charge in [-0.25, -0.2) is 4.79 Å². The van der Waals surface area contributed by atoms with Crippen molar-refractivity contribution in [2.75, 3.05) is 18.4 Å². The van der Waals surface area contributed by atoms with Crippen LogP contribution in [0, 0.1) is 0 Å². The zero-order valence-corrected chi connectivity index (χ0v) is 11.2. The fourth-order valence-corrected chi connectivity index (χ4v) is 2.01. The zero-order valence-electron chi connectivity index (χ0n) is 11.2. The van der Waals surface area contributed by atoms with E-state index in [4.69, 9.17) is 4.74 Å². The lowest BCUT2D eigenvalue weighted by Gasteiger charge is -2.42. The Hall–Kier alpha value is -1.55. The van der Waals surface area contributed by atoms with Crippen LogP contribution in [0.25, 0.3) is 0 Å². The molecule has 1 saturated heterocycles. The molecule has 0 bridgehead atoms. The summed E-state index contributed by atoms with van der Waals surface area (Å²) in [7, 11) is 0. The molecule has 98 valence electrons. The lowest BCUT2D eigenvalue weighted by molar-refractivity contribution is -0.990. The fourth-order valence-electron chi connectivity index (χ4n) is 2.01. The first-order valence-corrected chi connectivity index (χ1v) is 6.33. The normalized spacial score (nSPS) is 23.1. The predicted molar refractivity (Wildman–Crippen MR) is 70.8 cm³/mol. The molecule has 2 N–H and O–H groups in total. The Morgan fingerprint density at radius 3 is 2.44 bits per heavy atom. The van der Waals surface area contributed by atoms with E-state index in [9.17, 15) is 4.79 Å². The van der Waals surface area contributed by atoms with E-state index in [2.05, 4.69) is 26.1 Å². The molecule has 0 unspecified atom stereocenters. The Morgan fingerprint density at radius 2 is 1.89 bits per heavy atom. The number of anilines is 1. The molecule has 1 heterocycles. The number of likely N-dealkylation sites (tertiary alicyclic amines) is 1. The summed E-state index contributed by atoms with van der Waals surface area (Å²) >= 11 is 0. The van der Waals surface area contributed by atoms with Crippen molar-refractivity contribution >= 4 is 11.8 Å². The minimum atomic E-state index is -0.362. The second-order valence-corrected chi connectivity index (χ2v) is 5.78. The number of hydrogen-bond donors (Lipinski definition) is 2. The summed E-state index contributed by atoms with van der Waals surface area (Å²) in [5.41, 5.74) is 0.998. The van der Waals surface area contributed by atoms with Crippen LogP contribution >= 0.6 is 0 Å². The van der Waals surface area contributed by atoms with Crippen LogP contribution in [0.3, 0.4) is 0 Å². The van der Waals surface area contributed by atoms with Gasteiger partial charge in [0.05, 0.1) is 5.54 Å². The third-order valence-corrected chi connectivity index (χ3v) is 3.30. The molecule has 1 amide bonds. The number of carbonyl (C=O) groups is 1. The van der Waals surface area contributed by atoms with Crippen molar-refractivity contribution in [3.63, 3.8) is 0 Å². The zero-order chi connectivity index (χ0) is 13.2. The van der Waals surface area contributed by atoms with Crippen LogP contribution in [-0.4, -0.2) is 30.8 Å². The molecule has 4 nitrogen and oxygen atoms in total. The molecule has 0 radical (unpaired) electrons. The van der Waals surface area contributed by atoms with Gasteiger partial charge in [0.1, 0.15) is 13.1 Å². The monoisotopic (exact) mass is 249 g/mol. The van der Waals surface area contributed by atoms with Gasteiger partial charge in [0.15, 0.2) is 0 Å². The molecular weight excluding hydrogens is 228 g/mol. The van der Waals surface area contributed by atoms with Crippen LogP contribution in [0.4, 0.5) is 10.5 Å². The molecule has 1 aliphatic rings. The second kappa shape index (κ2) is 4.98. The molecule has 0 atom stereocenters. The predicted octanol–water partition coefficient (Wildman–Crippen LogP) is 1.30. The first-order valence-electron chi connectivity index (χ1n) is 6.33. The molecule has 1 aliphatic heterocycles. The Bertz CT molecular complexity index is 406. The van der Waals surface area contributed by atoms with Gasteiger partial charge >= 0.3 is 6.09 Å². The van der Waals surface area contributed by atoms with Crippen molar-refractivity contribution in [1.29, 1.82) is 0 Å². The molecule has 4 heteroatoms. The first kappa shape index (κ1) is 12.9. The highest BCUT2D eigenvalue weighted by Crippen LogP contribution is 2.07. The average molecular weight is 249 g/mol. The summed E-state index contributed by atoms with van der Waals surface area (Å²) < 4.78 is 5.34. The van der Waals surface area contributed by atoms with Crippen LogP contribution in [-0.2, 0) is 4.74 Å². The number of rotatable bonds is 2. The highest BCUT2D eigenvalue weighted by atomic mass is 16.6. The van der Waals surface area contributed by atoms with Gasteiger partial charge in [0, 0.05) is 5.69 Å². The minimum Gasteiger partial charge on any atom is -0.434 e. The SMILES string of the molecule is CC(C)(C)[NH+]1CC(OC(=O)Nc2ccccc2)C1. The van der Waals surface area contributed by atoms with Crippen molar-refractivity contribution in [2.45, 2.75) is 32.4 Å². The lowest BCUT2D eigenvalue weighted by Crippen LogP contribution is -3.27. The van der Waals surface area contributed by atoms with Crippen molar-refractivity contribution in [2.24, 2.45) is 0 Å². The van der Waals surface area contributed by atoms with Gasteiger partial charge in [-0.3, -0.25) is 5.32 Å². The van der Waals surface area contributed by atoms with E-state index in [0.29, 0.717) is 0 Å². The number of carbonyl (C=O) groups excluding carboxylic acids is 1. The largest absolute Gasteiger partial charge is 0.434 e. The van der Waals surface area contributed by atoms with E-state index in [1.165, 1.54) is 4.90 Å². The highest BCUT2D eigenvalue weighted by molar-refractivity contribution is 5.84. The fraction of sp³-hybridized carbons (Fsp3) is 0.500. The van der Waals surface area contributed by atoms with Crippen molar-refractivity contribution in [3.05, 3.63) is 30.3 Å². The molecule has 0 spiro atoms. The van der Waals surface area contributed by atoms with E-state index < -0.39 is 0 Å². The van der Waals surface area contributed by atoms with E-state index in [-0.39, 0.29) is 17.7 Å². The van der Waals surface area contributed by atoms with E-state index in [0.717, 1.165) is 18.8 Å². The summed E-state index contributed by atoms with van der Waals surface area (Å²) in [6.07, 6.45) is -0.318. The summed E-state index contributed by atoms with van der Waals surface area (Å²) in [6, 6.07) is 9.35. The Labute approximate surface area is 108 Å². The summed E-state index contributed by atoms with van der Waals surface area (Å²) in [6.45, 7) is 8.38. The number of para-hydroxylation sites is 1. The van der Waals surface area contributed by atoms with Gasteiger partial charge in [-0.2, -0.15) is 0 Å². The van der Waals surface area contributed by atoms with Crippen LogP contribution in [0.2, 0.25) is 0 Å². The average Bonchev–Trinajstić information content (AvgIpc) is 2.22. The van der Waals surface area contributed by atoms with E-state index in [1.54, 1.807) is 0 Å². The quantitative estimate of drug-likeness (QED) is 0.829. The molecule has 1 aromatic carbocycles. The Balaban J connectivity index is 1.74. The molecule has 0 aromatic heterocycles. The summed E-state index contributed by atoms with van der Waals surface area (Å²) in [4.78, 5) is 13.1. The van der Waals surface area contributed by atoms with Crippen LogP contribution in [0.15, 0.2) is 30.3 Å². The topological polar surface area (TPSA) is 42.8 Å². The van der Waals surface area contributed by atoms with Gasteiger partial charge < -0.3 is 9.64 Å². The maximum absolute atomic E-state index is 11.6. The second-order valence-electron chi connectivity index (χ2n) is 5.78. The standard InChI is InChI=1S/C14H20N2O2/c1-14(2,3)16-9-12(10-16)18-13(17)15-11-7-5-4-6-8-11/h4-8,12H,9-10H2,1-3H3,(H,15,17)/p+1. The first-order chi connectivity index (χ1) is 8.45. The van der Waals surface area contributed by atoms with Crippen LogP contribution in [0.1, 0.15) is 20.8 Å². The van der Waals surface area contributed by atoms with Crippen molar-refractivity contribution in [3.8, 4) is 0 Å². The highest BCUT2D eigenvalue weighted by Gasteiger charge is 2.41. The van der Waals surface area contributed by atoms with Gasteiger partial charge in [0.2, 0.25) is 6.10 Å². The maximum atomic E-state index is 11.6. The molecular formula is C14H21N2O2+. The summed E-state index contributed by atoms with van der Waals surface area (Å²) in [5, 5.41) is 2.72. The van der Waals surface area contributed by atoms with Crippen LogP contribution < -0.4 is 10.2 Å². The maximum Gasteiger partial charge on any atom is 0.412 e. The van der Waals surface area contributed by atoms with Gasteiger partial charge in [0.25, 0.3) is 0 Å². The number of quaternary nitrogens is 1. The molecule has 0 aliphatic carbocycles. The smallest absolute Gasteiger partial charge is 0.412 e. The van der Waals surface area contributed by atoms with Crippen LogP contribution in [0.5, 0.6) is 0 Å². The number of ether oxygens (including phenoxy) is 1. The third kappa shape index (κ3) is 3.23. The van der Waals surface area contributed by atoms with E-state index in [1.807, 2.05) is 30.3 Å². The third-order valence-electron chi connectivity index (χ3n) is 3.30. The minimum absolute atomic E-state index is 0.0444. The number of nitrogens with one attached hydrogen (secondary N) is 2. The molecule has 2 rings (SSSR count). The van der Waals surface area contributed by atoms with Gasteiger partial charge in [-0.15, -0.1) is 0 Å². The number of benzene rings is 1. The Morgan fingerprint density at radius 1 is 1.28 bits per heavy atom. The van der Waals surface area contributed by atoms with Crippen molar-refractivity contribution < 1.29 is 14.4 Å². The summed E-state index contributed by atoms with van der Waals surface area (Å²) in [5.74, 6) is 0. The molecule has 1 aromatic rings. The number of hydrogen-bond acceptors (Lipinski definition) is 2.